The summed E-state index contributed by atoms with van der Waals surface area (Å²) in [5, 5.41) is 19.7. The SMILES string of the molecule is O=C([O-])CCn1cc(C=C2C(=O)NC(=S)NC2=O)c(-c2ccccc2)n1. The highest BCUT2D eigenvalue weighted by molar-refractivity contribution is 7.80. The number of nitrogens with zero attached hydrogens (tertiary/aromatic N) is 2. The first-order valence-electron chi connectivity index (χ1n) is 7.65. The van der Waals surface area contributed by atoms with Gasteiger partial charge in [0.25, 0.3) is 11.8 Å². The summed E-state index contributed by atoms with van der Waals surface area (Å²) in [4.78, 5) is 34.8. The zero-order valence-electron chi connectivity index (χ0n) is 13.4. The fourth-order valence-corrected chi connectivity index (χ4v) is 2.63. The van der Waals surface area contributed by atoms with Gasteiger partial charge in [0.2, 0.25) is 0 Å². The molecule has 2 N–H and O–H groups in total. The third-order valence-electron chi connectivity index (χ3n) is 3.63. The first-order valence-corrected chi connectivity index (χ1v) is 8.06. The van der Waals surface area contributed by atoms with E-state index in [0.29, 0.717) is 11.3 Å². The lowest BCUT2D eigenvalue weighted by atomic mass is 10.0. The Morgan fingerprint density at radius 3 is 2.46 bits per heavy atom. The quantitative estimate of drug-likeness (QED) is 0.421. The molecule has 1 aromatic heterocycles. The molecule has 1 aliphatic heterocycles. The summed E-state index contributed by atoms with van der Waals surface area (Å²) in [6.07, 6.45) is 2.77. The molecule has 2 aromatic rings. The topological polar surface area (TPSA) is 116 Å². The summed E-state index contributed by atoms with van der Waals surface area (Å²) < 4.78 is 1.44. The Balaban J connectivity index is 2.03. The summed E-state index contributed by atoms with van der Waals surface area (Å²) in [5.41, 5.74) is 1.67. The summed E-state index contributed by atoms with van der Waals surface area (Å²) in [7, 11) is 0. The van der Waals surface area contributed by atoms with E-state index in [4.69, 9.17) is 12.2 Å². The minimum absolute atomic E-state index is 0.0508. The zero-order valence-corrected chi connectivity index (χ0v) is 14.2. The fraction of sp³-hybridized carbons (Fsp3) is 0.118. The minimum atomic E-state index is -1.19. The van der Waals surface area contributed by atoms with Gasteiger partial charge in [-0.25, -0.2) is 0 Å². The van der Waals surface area contributed by atoms with Crippen molar-refractivity contribution in [2.75, 3.05) is 0 Å². The number of thiocarbonyl (C=S) groups is 1. The molecule has 0 unspecified atom stereocenters. The van der Waals surface area contributed by atoms with Gasteiger partial charge in [-0.05, 0) is 18.3 Å². The van der Waals surface area contributed by atoms with Gasteiger partial charge in [0.1, 0.15) is 5.57 Å². The molecule has 3 rings (SSSR count). The molecule has 2 amide bonds. The van der Waals surface area contributed by atoms with E-state index in [2.05, 4.69) is 15.7 Å². The van der Waals surface area contributed by atoms with Crippen LogP contribution in [0.1, 0.15) is 12.0 Å². The van der Waals surface area contributed by atoms with Gasteiger partial charge in [-0.15, -0.1) is 0 Å². The molecule has 2 heterocycles. The van der Waals surface area contributed by atoms with Gasteiger partial charge < -0.3 is 9.90 Å². The van der Waals surface area contributed by atoms with Crippen LogP contribution in [-0.2, 0) is 20.9 Å². The van der Waals surface area contributed by atoms with Gasteiger partial charge in [-0.1, -0.05) is 30.3 Å². The predicted octanol–water partition coefficient (Wildman–Crippen LogP) is -0.396. The third kappa shape index (κ3) is 3.83. The van der Waals surface area contributed by atoms with E-state index in [1.807, 2.05) is 30.3 Å². The highest BCUT2D eigenvalue weighted by Gasteiger charge is 2.26. The lowest BCUT2D eigenvalue weighted by molar-refractivity contribution is -0.306. The fourth-order valence-electron chi connectivity index (χ4n) is 2.45. The average molecular weight is 369 g/mol. The van der Waals surface area contributed by atoms with E-state index in [-0.39, 0.29) is 23.7 Å². The lowest BCUT2D eigenvalue weighted by Gasteiger charge is -2.16. The summed E-state index contributed by atoms with van der Waals surface area (Å²) in [6, 6.07) is 9.14. The summed E-state index contributed by atoms with van der Waals surface area (Å²) in [6.45, 7) is 0.105. The molecule has 0 bridgehead atoms. The van der Waals surface area contributed by atoms with Gasteiger partial charge in [0, 0.05) is 36.3 Å². The molecule has 26 heavy (non-hydrogen) atoms. The average Bonchev–Trinajstić information content (AvgIpc) is 3.00. The van der Waals surface area contributed by atoms with E-state index in [1.165, 1.54) is 10.8 Å². The van der Waals surface area contributed by atoms with Crippen molar-refractivity contribution in [3.63, 3.8) is 0 Å². The summed E-state index contributed by atoms with van der Waals surface area (Å²) >= 11 is 4.77. The molecule has 1 aromatic carbocycles. The van der Waals surface area contributed by atoms with Gasteiger partial charge in [-0.2, -0.15) is 5.10 Å². The molecule has 0 radical (unpaired) electrons. The first-order chi connectivity index (χ1) is 12.4. The Bertz CT molecular complexity index is 911. The maximum Gasteiger partial charge on any atom is 0.263 e. The van der Waals surface area contributed by atoms with E-state index < -0.39 is 17.8 Å². The van der Waals surface area contributed by atoms with E-state index >= 15 is 0 Å². The van der Waals surface area contributed by atoms with Crippen LogP contribution in [0.5, 0.6) is 0 Å². The Kier molecular flexibility index (Phi) is 4.90. The number of carbonyl (C=O) groups is 3. The molecule has 1 saturated heterocycles. The molecular weight excluding hydrogens is 356 g/mol. The normalized spacial score (nSPS) is 14.0. The molecule has 0 aliphatic carbocycles. The Labute approximate surface area is 153 Å². The van der Waals surface area contributed by atoms with Crippen LogP contribution in [0.25, 0.3) is 17.3 Å². The molecule has 9 heteroatoms. The van der Waals surface area contributed by atoms with Crippen molar-refractivity contribution < 1.29 is 19.5 Å². The smallest absolute Gasteiger partial charge is 0.263 e. The van der Waals surface area contributed by atoms with Crippen LogP contribution in [0.2, 0.25) is 0 Å². The number of carboxylic acids is 1. The number of hydrogen-bond donors (Lipinski definition) is 2. The van der Waals surface area contributed by atoms with Crippen LogP contribution < -0.4 is 15.7 Å². The molecule has 0 saturated carbocycles. The maximum absolute atomic E-state index is 12.0. The Hall–Kier alpha value is -3.33. The highest BCUT2D eigenvalue weighted by atomic mass is 32.1. The second-order valence-corrected chi connectivity index (χ2v) is 5.89. The lowest BCUT2D eigenvalue weighted by Crippen LogP contribution is -2.51. The number of nitrogens with one attached hydrogen (secondary N) is 2. The molecule has 1 fully saturated rings. The Morgan fingerprint density at radius 2 is 1.85 bits per heavy atom. The number of carboxylic acid groups (broad SMARTS) is 1. The van der Waals surface area contributed by atoms with Crippen molar-refractivity contribution in [2.24, 2.45) is 0 Å². The van der Waals surface area contributed by atoms with E-state index in [9.17, 15) is 19.5 Å². The monoisotopic (exact) mass is 369 g/mol. The third-order valence-corrected chi connectivity index (χ3v) is 3.83. The standard InChI is InChI=1S/C17H14N4O4S/c22-13(23)6-7-21-9-11(14(20-21)10-4-2-1-3-5-10)8-12-15(24)18-17(26)19-16(12)25/h1-5,8-9H,6-7H2,(H,22,23)(H2,18,19,24,25,26)/p-1. The van der Waals surface area contributed by atoms with Crippen LogP contribution in [0.4, 0.5) is 0 Å². The van der Waals surface area contributed by atoms with Crippen LogP contribution in [-0.4, -0.2) is 32.7 Å². The maximum atomic E-state index is 12.0. The van der Waals surface area contributed by atoms with Crippen LogP contribution in [0.3, 0.4) is 0 Å². The predicted molar refractivity (Wildman–Crippen MR) is 94.1 cm³/mol. The zero-order chi connectivity index (χ0) is 18.7. The molecule has 0 spiro atoms. The molecule has 8 nitrogen and oxygen atoms in total. The molecule has 0 atom stereocenters. The number of benzene rings is 1. The number of aliphatic carboxylic acids is 1. The second kappa shape index (κ2) is 7.28. The van der Waals surface area contributed by atoms with Crippen molar-refractivity contribution in [1.82, 2.24) is 20.4 Å². The molecule has 1 aliphatic rings. The number of amides is 2. The van der Waals surface area contributed by atoms with Gasteiger partial charge >= 0.3 is 0 Å². The van der Waals surface area contributed by atoms with Crippen LogP contribution in [0.15, 0.2) is 42.1 Å². The summed E-state index contributed by atoms with van der Waals surface area (Å²) in [5.74, 6) is -2.42. The van der Waals surface area contributed by atoms with Gasteiger partial charge in [0.15, 0.2) is 5.11 Å². The van der Waals surface area contributed by atoms with E-state index in [1.54, 1.807) is 6.20 Å². The number of carbonyl (C=O) groups excluding carboxylic acids is 3. The van der Waals surface area contributed by atoms with E-state index in [0.717, 1.165) is 5.56 Å². The highest BCUT2D eigenvalue weighted by Crippen LogP contribution is 2.24. The van der Waals surface area contributed by atoms with Crippen LogP contribution in [0, 0.1) is 0 Å². The number of rotatable bonds is 5. The largest absolute Gasteiger partial charge is 0.550 e. The van der Waals surface area contributed by atoms with Crippen molar-refractivity contribution in [1.29, 1.82) is 0 Å². The minimum Gasteiger partial charge on any atom is -0.550 e. The molecule has 132 valence electrons. The van der Waals surface area contributed by atoms with Crippen molar-refractivity contribution >= 4 is 41.2 Å². The number of aryl methyl sites for hydroxylation is 1. The first kappa shape index (κ1) is 17.5. The van der Waals surface area contributed by atoms with Crippen molar-refractivity contribution in [3.8, 4) is 11.3 Å². The van der Waals surface area contributed by atoms with Crippen molar-refractivity contribution in [3.05, 3.63) is 47.7 Å². The number of aromatic nitrogens is 2. The second-order valence-electron chi connectivity index (χ2n) is 5.48. The van der Waals surface area contributed by atoms with Gasteiger partial charge in [-0.3, -0.25) is 24.9 Å². The van der Waals surface area contributed by atoms with Crippen LogP contribution >= 0.6 is 12.2 Å². The van der Waals surface area contributed by atoms with Crippen molar-refractivity contribution in [2.45, 2.75) is 13.0 Å². The number of hydrogen-bond acceptors (Lipinski definition) is 6. The molecular formula is C17H13N4O4S-. The Morgan fingerprint density at radius 1 is 1.19 bits per heavy atom. The van der Waals surface area contributed by atoms with Gasteiger partial charge in [0.05, 0.1) is 5.69 Å².